The summed E-state index contributed by atoms with van der Waals surface area (Å²) < 4.78 is 140. The summed E-state index contributed by atoms with van der Waals surface area (Å²) in [5.74, 6) is -23.3. The molecule has 4 aromatic rings. The molecule has 5 aliphatic rings. The van der Waals surface area contributed by atoms with Gasteiger partial charge in [-0.05, 0) is 71.8 Å². The summed E-state index contributed by atoms with van der Waals surface area (Å²) in [6.07, 6.45) is 3.44. The maximum atomic E-state index is 16.6. The number of allylic oxidation sites excluding steroid dienone is 10. The number of halogens is 8. The molecule has 0 saturated carbocycles. The van der Waals surface area contributed by atoms with Gasteiger partial charge < -0.3 is 50.3 Å². The van der Waals surface area contributed by atoms with Gasteiger partial charge in [0.15, 0.2) is 46.3 Å². The van der Waals surface area contributed by atoms with Crippen LogP contribution in [0.2, 0.25) is 0 Å². The first-order chi connectivity index (χ1) is 34.4. The van der Waals surface area contributed by atoms with Gasteiger partial charge in [-0.15, -0.1) is 0 Å². The first kappa shape index (κ1) is 48.6. The van der Waals surface area contributed by atoms with Gasteiger partial charge in [0.1, 0.15) is 48.3 Å². The average molecular weight is 1000 g/mol. The summed E-state index contributed by atoms with van der Waals surface area (Å²) in [5, 5.41) is 82.6. The molecule has 5 heterocycles. The second kappa shape index (κ2) is 19.0. The molecular weight excluding hydrogens is 969 g/mol. The van der Waals surface area contributed by atoms with Gasteiger partial charge in [0.2, 0.25) is 23.3 Å². The molecule has 5 aliphatic heterocycles. The number of phenols is 2. The number of phenolic OH excluding ortho intramolecular Hbond substituents is 2. The van der Waals surface area contributed by atoms with Crippen molar-refractivity contribution in [2.24, 2.45) is 20.0 Å². The van der Waals surface area contributed by atoms with Crippen molar-refractivity contribution in [2.45, 2.75) is 12.2 Å². The van der Waals surface area contributed by atoms with Crippen LogP contribution in [0.25, 0.3) is 22.3 Å². The van der Waals surface area contributed by atoms with E-state index in [0.717, 1.165) is 30.4 Å². The highest BCUT2D eigenvalue weighted by molar-refractivity contribution is 6.40. The van der Waals surface area contributed by atoms with E-state index >= 15 is 35.1 Å². The van der Waals surface area contributed by atoms with E-state index in [-0.39, 0.29) is 45.1 Å². The van der Waals surface area contributed by atoms with Crippen LogP contribution in [0.15, 0.2) is 139 Å². The Morgan fingerprint density at radius 1 is 0.444 bits per heavy atom. The zero-order chi connectivity index (χ0) is 51.4. The molecule has 2 atom stereocenters. The minimum atomic E-state index is -2.16. The molecule has 0 saturated heterocycles. The van der Waals surface area contributed by atoms with Crippen LogP contribution in [-0.4, -0.2) is 102 Å². The molecule has 0 aromatic heterocycles. The smallest absolute Gasteiger partial charge is 0.204 e. The van der Waals surface area contributed by atoms with E-state index < -0.39 is 165 Å². The van der Waals surface area contributed by atoms with Crippen LogP contribution in [0.5, 0.6) is 23.0 Å². The van der Waals surface area contributed by atoms with E-state index in [1.54, 1.807) is 0 Å². The Kier molecular flexibility index (Phi) is 12.9. The normalized spacial score (nSPS) is 17.1. The Hall–Kier alpha value is -8.44. The van der Waals surface area contributed by atoms with Crippen LogP contribution in [0.1, 0.15) is 22.3 Å². The van der Waals surface area contributed by atoms with E-state index in [9.17, 15) is 40.9 Å². The third-order valence-electron chi connectivity index (χ3n) is 11.3. The number of aliphatic hydroxyl groups is 6. The van der Waals surface area contributed by atoms with Crippen molar-refractivity contribution in [3.63, 3.8) is 0 Å². The summed E-state index contributed by atoms with van der Waals surface area (Å²) in [6, 6.07) is 10.2. The Morgan fingerprint density at radius 2 is 0.833 bits per heavy atom. The molecule has 0 aliphatic carbocycles. The molecule has 2 unspecified atom stereocenters. The number of benzene rings is 4. The number of aromatic hydroxyl groups is 2. The monoisotopic (exact) mass is 1000 g/mol. The average Bonchev–Trinajstić information content (AvgIpc) is 4.20. The lowest BCUT2D eigenvalue weighted by Gasteiger charge is -2.17. The summed E-state index contributed by atoms with van der Waals surface area (Å²) >= 11 is 0. The van der Waals surface area contributed by atoms with Crippen molar-refractivity contribution in [3.8, 4) is 23.0 Å². The third-order valence-corrected chi connectivity index (χ3v) is 11.3. The minimum absolute atomic E-state index is 0.0814. The zero-order valence-electron chi connectivity index (χ0n) is 36.3. The molecule has 368 valence electrons. The molecule has 8 N–H and O–H groups in total. The lowest BCUT2D eigenvalue weighted by Crippen LogP contribution is -2.23. The largest absolute Gasteiger partial charge is 0.508 e. The SMILES string of the molecule is OCC(O)COc1c(F)c(F)c(C2=C3C=CC(=N3)C(c3cccc(O)c3)=C3N=C(C(O)=C3O)C(c3c(F)c(F)c(OCC(O)CO)c(F)c3F)=C3C=CC(=N3)C(c3cccc(O)c3)=C3C=CC2=N3)c(F)c1F. The fourth-order valence-electron chi connectivity index (χ4n) is 8.00. The van der Waals surface area contributed by atoms with Gasteiger partial charge in [-0.2, -0.15) is 17.6 Å². The molecule has 0 amide bonds. The number of aliphatic hydroxyl groups excluding tert-OH is 6. The minimum Gasteiger partial charge on any atom is -0.508 e. The summed E-state index contributed by atoms with van der Waals surface area (Å²) in [6.45, 7) is -3.92. The summed E-state index contributed by atoms with van der Waals surface area (Å²) in [5.41, 5.74) is -9.04. The fraction of sp³-hybridized carbons (Fsp3) is 0.120. The Labute approximate surface area is 399 Å². The van der Waals surface area contributed by atoms with Gasteiger partial charge >= 0.3 is 0 Å². The molecule has 0 radical (unpaired) electrons. The van der Waals surface area contributed by atoms with Crippen LogP contribution in [0.3, 0.4) is 0 Å². The molecule has 8 bridgehead atoms. The fourth-order valence-corrected chi connectivity index (χ4v) is 8.00. The quantitative estimate of drug-likeness (QED) is 0.0516. The predicted molar refractivity (Wildman–Crippen MR) is 243 cm³/mol. The number of rotatable bonds is 12. The summed E-state index contributed by atoms with van der Waals surface area (Å²) in [4.78, 5) is 17.9. The van der Waals surface area contributed by atoms with Crippen molar-refractivity contribution >= 4 is 45.1 Å². The van der Waals surface area contributed by atoms with Gasteiger partial charge in [0.05, 0.1) is 58.6 Å². The molecule has 9 rings (SSSR count). The van der Waals surface area contributed by atoms with Crippen LogP contribution in [-0.2, 0) is 0 Å². The maximum Gasteiger partial charge on any atom is 0.204 e. The van der Waals surface area contributed by atoms with Crippen LogP contribution >= 0.6 is 0 Å². The predicted octanol–water partition coefficient (Wildman–Crippen LogP) is 7.45. The molecule has 72 heavy (non-hydrogen) atoms. The van der Waals surface area contributed by atoms with Crippen molar-refractivity contribution in [1.82, 2.24) is 0 Å². The maximum absolute atomic E-state index is 16.6. The molecule has 0 spiro atoms. The van der Waals surface area contributed by atoms with E-state index in [2.05, 4.69) is 20.0 Å². The third kappa shape index (κ3) is 8.34. The van der Waals surface area contributed by atoms with E-state index in [1.165, 1.54) is 54.6 Å². The topological polar surface area (TPSA) is 230 Å². The Morgan fingerprint density at radius 3 is 1.28 bits per heavy atom. The highest BCUT2D eigenvalue weighted by Gasteiger charge is 2.40. The molecule has 22 heteroatoms. The number of nitrogens with zero attached hydrogens (tertiary/aromatic N) is 4. The number of aliphatic imine (C=N–C) groups is 4. The lowest BCUT2D eigenvalue weighted by atomic mass is 9.95. The highest BCUT2D eigenvalue weighted by atomic mass is 19.2. The second-order valence-electron chi connectivity index (χ2n) is 16.0. The van der Waals surface area contributed by atoms with Crippen LogP contribution in [0.4, 0.5) is 35.1 Å². The van der Waals surface area contributed by atoms with Gasteiger partial charge in [0.25, 0.3) is 0 Å². The highest BCUT2D eigenvalue weighted by Crippen LogP contribution is 2.45. The van der Waals surface area contributed by atoms with Gasteiger partial charge in [-0.25, -0.2) is 37.5 Å². The van der Waals surface area contributed by atoms with E-state index in [0.29, 0.717) is 0 Å². The number of fused-ring (bicyclic) bond motifs is 4. The van der Waals surface area contributed by atoms with E-state index in [4.69, 9.17) is 9.47 Å². The summed E-state index contributed by atoms with van der Waals surface area (Å²) in [7, 11) is 0. The molecule has 14 nitrogen and oxygen atoms in total. The first-order valence-electron chi connectivity index (χ1n) is 21.1. The number of hydrogen-bond donors (Lipinski definition) is 8. The Bertz CT molecular complexity index is 3400. The van der Waals surface area contributed by atoms with Gasteiger partial charge in [-0.1, -0.05) is 24.3 Å². The van der Waals surface area contributed by atoms with Crippen molar-refractivity contribution < 1.29 is 85.4 Å². The molecule has 0 fully saturated rings. The molecule has 4 aromatic carbocycles. The van der Waals surface area contributed by atoms with Crippen molar-refractivity contribution in [1.29, 1.82) is 0 Å². The first-order valence-corrected chi connectivity index (χ1v) is 21.1. The van der Waals surface area contributed by atoms with Crippen molar-refractivity contribution in [3.05, 3.63) is 188 Å². The standard InChI is InChI=1S/C50H32F8N4O10/c51-37-35(38(52)42(56)49(41(37)55)71-17-23(67)15-63)33-28-10-7-25(59-28)31(19-3-1-5-21(65)13-19)26-8-12-30(60-26)34(36-39(53)43(57)50(44(58)40(36)54)72-18-24(68)16-64)46-48(70)47(69)45(62-46)32(27-9-11-29(33)61-27)20-4-2-6-22(66)14-20/h1-14,23-24,63-70H,15-18H2. The lowest BCUT2D eigenvalue weighted by molar-refractivity contribution is 0.0503. The Balaban J connectivity index is 1.40. The van der Waals surface area contributed by atoms with Crippen LogP contribution in [0, 0.1) is 46.5 Å². The van der Waals surface area contributed by atoms with Crippen molar-refractivity contribution in [2.75, 3.05) is 26.4 Å². The second-order valence-corrected chi connectivity index (χ2v) is 16.0. The number of hydrogen-bond acceptors (Lipinski definition) is 14. The van der Waals surface area contributed by atoms with Crippen LogP contribution < -0.4 is 9.47 Å². The van der Waals surface area contributed by atoms with E-state index in [1.807, 2.05) is 0 Å². The number of ether oxygens (including phenoxy) is 2. The van der Waals surface area contributed by atoms with Gasteiger partial charge in [-0.3, -0.25) is 0 Å². The van der Waals surface area contributed by atoms with Gasteiger partial charge in [0, 0.05) is 22.3 Å². The zero-order valence-corrected chi connectivity index (χ0v) is 36.3. The molecular formula is C50H32F8N4O10.